The summed E-state index contributed by atoms with van der Waals surface area (Å²) in [5.74, 6) is -0.0445. The van der Waals surface area contributed by atoms with E-state index >= 15 is 0 Å². The minimum Gasteiger partial charge on any atom is -0.468 e. The first-order valence-electron chi connectivity index (χ1n) is 9.24. The van der Waals surface area contributed by atoms with Crippen molar-refractivity contribution in [3.63, 3.8) is 0 Å². The highest BCUT2D eigenvalue weighted by Gasteiger charge is 2.29. The van der Waals surface area contributed by atoms with E-state index in [1.165, 1.54) is 12.5 Å². The zero-order chi connectivity index (χ0) is 20.9. The van der Waals surface area contributed by atoms with Gasteiger partial charge >= 0.3 is 6.18 Å². The Bertz CT molecular complexity index is 809. The number of hydrogen-bond donors (Lipinski definition) is 1. The number of nitrogens with one attached hydrogen (secondary N) is 1. The largest absolute Gasteiger partial charge is 0.468 e. The summed E-state index contributed by atoms with van der Waals surface area (Å²) in [5.41, 5.74) is 0.131. The third-order valence-corrected chi connectivity index (χ3v) is 4.87. The smallest absolute Gasteiger partial charge is 0.422 e. The molecule has 158 valence electrons. The van der Waals surface area contributed by atoms with Crippen LogP contribution in [0.25, 0.3) is 0 Å². The van der Waals surface area contributed by atoms with Crippen molar-refractivity contribution in [1.29, 1.82) is 0 Å². The highest BCUT2D eigenvalue weighted by atomic mass is 35.5. The van der Waals surface area contributed by atoms with Gasteiger partial charge in [0.25, 0.3) is 5.91 Å². The maximum absolute atomic E-state index is 12.5. The van der Waals surface area contributed by atoms with Crippen molar-refractivity contribution in [2.45, 2.75) is 31.5 Å². The summed E-state index contributed by atoms with van der Waals surface area (Å²) in [5, 5.41) is 2.66. The van der Waals surface area contributed by atoms with E-state index in [0.717, 1.165) is 37.9 Å². The van der Waals surface area contributed by atoms with Gasteiger partial charge in [-0.15, -0.1) is 0 Å². The maximum Gasteiger partial charge on any atom is 0.422 e. The van der Waals surface area contributed by atoms with E-state index in [4.69, 9.17) is 16.0 Å². The summed E-state index contributed by atoms with van der Waals surface area (Å²) in [6.07, 6.45) is 1.58. The number of alkyl halides is 3. The monoisotopic (exact) mass is 431 g/mol. The number of halogens is 4. The van der Waals surface area contributed by atoms with Crippen molar-refractivity contribution in [1.82, 2.24) is 15.2 Å². The summed E-state index contributed by atoms with van der Waals surface area (Å²) >= 11 is 5.91. The van der Waals surface area contributed by atoms with Crippen LogP contribution in [0.3, 0.4) is 0 Å². The number of hydrogen-bond acceptors (Lipinski definition) is 5. The van der Waals surface area contributed by atoms with Gasteiger partial charge in [0, 0.05) is 12.7 Å². The van der Waals surface area contributed by atoms with Crippen LogP contribution in [0.4, 0.5) is 13.2 Å². The van der Waals surface area contributed by atoms with Crippen LogP contribution in [0, 0.1) is 0 Å². The molecule has 0 aromatic carbocycles. The van der Waals surface area contributed by atoms with Crippen molar-refractivity contribution in [3.05, 3.63) is 47.0 Å². The number of nitrogens with zero attached hydrogens (tertiary/aromatic N) is 2. The second kappa shape index (κ2) is 9.49. The molecule has 3 heterocycles. The zero-order valence-electron chi connectivity index (χ0n) is 15.5. The minimum absolute atomic E-state index is 0.105. The molecule has 2 aromatic heterocycles. The lowest BCUT2D eigenvalue weighted by Crippen LogP contribution is -2.40. The molecule has 1 aliphatic heterocycles. The first-order valence-corrected chi connectivity index (χ1v) is 9.62. The molecule has 1 fully saturated rings. The van der Waals surface area contributed by atoms with Crippen LogP contribution in [-0.4, -0.2) is 48.2 Å². The fourth-order valence-electron chi connectivity index (χ4n) is 3.22. The molecule has 1 unspecified atom stereocenters. The van der Waals surface area contributed by atoms with E-state index in [9.17, 15) is 18.0 Å². The van der Waals surface area contributed by atoms with Crippen LogP contribution in [-0.2, 0) is 0 Å². The van der Waals surface area contributed by atoms with Gasteiger partial charge < -0.3 is 14.5 Å². The molecule has 1 aliphatic rings. The van der Waals surface area contributed by atoms with Crippen LogP contribution in [0.2, 0.25) is 5.02 Å². The third kappa shape index (κ3) is 6.11. The molecule has 1 N–H and O–H groups in total. The predicted octanol–water partition coefficient (Wildman–Crippen LogP) is 4.23. The van der Waals surface area contributed by atoms with Gasteiger partial charge in [-0.05, 0) is 44.1 Å². The summed E-state index contributed by atoms with van der Waals surface area (Å²) in [7, 11) is 0. The van der Waals surface area contributed by atoms with Gasteiger partial charge in [-0.3, -0.25) is 9.69 Å². The zero-order valence-corrected chi connectivity index (χ0v) is 16.3. The molecular formula is C19H21ClF3N3O3. The normalized spacial score (nSPS) is 16.4. The number of pyridine rings is 1. The van der Waals surface area contributed by atoms with Crippen molar-refractivity contribution in [2.24, 2.45) is 0 Å². The molecule has 29 heavy (non-hydrogen) atoms. The van der Waals surface area contributed by atoms with Gasteiger partial charge in [-0.25, -0.2) is 4.98 Å². The van der Waals surface area contributed by atoms with Gasteiger partial charge in [0.15, 0.2) is 6.61 Å². The average molecular weight is 432 g/mol. The molecule has 0 aliphatic carbocycles. The highest BCUT2D eigenvalue weighted by Crippen LogP contribution is 2.26. The van der Waals surface area contributed by atoms with Gasteiger partial charge in [0.1, 0.15) is 10.8 Å². The van der Waals surface area contributed by atoms with Crippen LogP contribution in [0.5, 0.6) is 5.88 Å². The standard InChI is InChI=1S/C19H21ClF3N3O3/c20-14-9-13(10-25-18(14)29-12-19(21,22)23)17(27)24-11-15(16-5-4-8-28-16)26-6-2-1-3-7-26/h4-5,8-10,15H,1-3,6-7,11-12H2,(H,24,27). The lowest BCUT2D eigenvalue weighted by Gasteiger charge is -2.33. The summed E-state index contributed by atoms with van der Waals surface area (Å²) < 4.78 is 46.8. The Labute approximate surface area is 171 Å². The predicted molar refractivity (Wildman–Crippen MR) is 100 cm³/mol. The van der Waals surface area contributed by atoms with Crippen LogP contribution >= 0.6 is 11.6 Å². The second-order valence-corrected chi connectivity index (χ2v) is 7.16. The Morgan fingerprint density at radius 3 is 2.72 bits per heavy atom. The van der Waals surface area contributed by atoms with Crippen molar-refractivity contribution >= 4 is 17.5 Å². The van der Waals surface area contributed by atoms with Crippen LogP contribution in [0.1, 0.15) is 41.4 Å². The number of carbonyl (C=O) groups excluding carboxylic acids is 1. The number of carbonyl (C=O) groups is 1. The highest BCUT2D eigenvalue weighted by molar-refractivity contribution is 6.32. The number of piperidine rings is 1. The van der Waals surface area contributed by atoms with E-state index < -0.39 is 18.7 Å². The molecular weight excluding hydrogens is 411 g/mol. The molecule has 0 radical (unpaired) electrons. The van der Waals surface area contributed by atoms with Crippen molar-refractivity contribution in [2.75, 3.05) is 26.2 Å². The Morgan fingerprint density at radius 1 is 1.34 bits per heavy atom. The van der Waals surface area contributed by atoms with E-state index in [1.54, 1.807) is 12.3 Å². The van der Waals surface area contributed by atoms with E-state index in [-0.39, 0.29) is 22.5 Å². The molecule has 0 saturated carbocycles. The van der Waals surface area contributed by atoms with E-state index in [0.29, 0.717) is 6.54 Å². The molecule has 1 amide bonds. The lowest BCUT2D eigenvalue weighted by atomic mass is 10.1. The van der Waals surface area contributed by atoms with Gasteiger partial charge in [0.05, 0.1) is 17.9 Å². The fraction of sp³-hybridized carbons (Fsp3) is 0.474. The van der Waals surface area contributed by atoms with Gasteiger partial charge in [-0.2, -0.15) is 13.2 Å². The number of aromatic nitrogens is 1. The number of amides is 1. The maximum atomic E-state index is 12.5. The summed E-state index contributed by atoms with van der Waals surface area (Å²) in [6, 6.07) is 4.80. The minimum atomic E-state index is -4.50. The number of ether oxygens (including phenoxy) is 1. The van der Waals surface area contributed by atoms with Gasteiger partial charge in [-0.1, -0.05) is 18.0 Å². The lowest BCUT2D eigenvalue weighted by molar-refractivity contribution is -0.154. The topological polar surface area (TPSA) is 67.6 Å². The molecule has 6 nitrogen and oxygen atoms in total. The molecule has 10 heteroatoms. The Kier molecular flexibility index (Phi) is 7.02. The third-order valence-electron chi connectivity index (χ3n) is 4.60. The molecule has 3 rings (SSSR count). The molecule has 0 bridgehead atoms. The number of likely N-dealkylation sites (tertiary alicyclic amines) is 1. The SMILES string of the molecule is O=C(NCC(c1ccco1)N1CCCCC1)c1cnc(OCC(F)(F)F)c(Cl)c1. The van der Waals surface area contributed by atoms with Crippen molar-refractivity contribution in [3.8, 4) is 5.88 Å². The van der Waals surface area contributed by atoms with Crippen LogP contribution < -0.4 is 10.1 Å². The fourth-order valence-corrected chi connectivity index (χ4v) is 3.44. The van der Waals surface area contributed by atoms with Gasteiger partial charge in [0.2, 0.25) is 5.88 Å². The van der Waals surface area contributed by atoms with Crippen LogP contribution in [0.15, 0.2) is 35.1 Å². The number of furan rings is 1. The van der Waals surface area contributed by atoms with E-state index in [2.05, 4.69) is 19.9 Å². The Hall–Kier alpha value is -2.26. The molecule has 0 spiro atoms. The first kappa shape index (κ1) is 21.4. The second-order valence-electron chi connectivity index (χ2n) is 6.75. The number of rotatable bonds is 7. The van der Waals surface area contributed by atoms with Crippen molar-refractivity contribution < 1.29 is 27.1 Å². The molecule has 2 aromatic rings. The summed E-state index contributed by atoms with van der Waals surface area (Å²) in [6.45, 7) is 0.641. The Morgan fingerprint density at radius 2 is 2.10 bits per heavy atom. The molecule has 1 atom stereocenters. The molecule has 1 saturated heterocycles. The Balaban J connectivity index is 1.63. The quantitative estimate of drug-likeness (QED) is 0.710. The average Bonchev–Trinajstić information content (AvgIpc) is 3.21. The first-order chi connectivity index (χ1) is 13.8. The van der Waals surface area contributed by atoms with E-state index in [1.807, 2.05) is 6.07 Å². The summed E-state index contributed by atoms with van der Waals surface area (Å²) in [4.78, 5) is 18.5.